The second-order valence-corrected chi connectivity index (χ2v) is 5.25. The van der Waals surface area contributed by atoms with Gasteiger partial charge in [-0.1, -0.05) is 24.3 Å². The zero-order chi connectivity index (χ0) is 13.0. The molecule has 0 bridgehead atoms. The first-order valence-corrected chi connectivity index (χ1v) is 6.77. The fourth-order valence-electron chi connectivity index (χ4n) is 2.69. The molecule has 1 aliphatic rings. The van der Waals surface area contributed by atoms with E-state index in [1.165, 1.54) is 11.1 Å². The Labute approximate surface area is 110 Å². The van der Waals surface area contributed by atoms with Crippen LogP contribution in [0.25, 0.3) is 0 Å². The van der Waals surface area contributed by atoms with Gasteiger partial charge in [-0.25, -0.2) is 0 Å². The Hall–Kier alpha value is -0.900. The number of aryl methyl sites for hydroxylation is 1. The maximum atomic E-state index is 6.33. The summed E-state index contributed by atoms with van der Waals surface area (Å²) >= 11 is 0. The first-order chi connectivity index (χ1) is 8.68. The van der Waals surface area contributed by atoms with Crippen LogP contribution in [0.1, 0.15) is 30.0 Å². The predicted molar refractivity (Wildman–Crippen MR) is 74.6 cm³/mol. The van der Waals surface area contributed by atoms with E-state index in [-0.39, 0.29) is 6.04 Å². The van der Waals surface area contributed by atoms with E-state index < -0.39 is 0 Å². The number of rotatable bonds is 4. The van der Waals surface area contributed by atoms with E-state index in [1.54, 1.807) is 0 Å². The lowest BCUT2D eigenvalue weighted by Gasteiger charge is -2.33. The molecule has 3 heteroatoms. The van der Waals surface area contributed by atoms with Crippen molar-refractivity contribution in [3.05, 3.63) is 35.4 Å². The van der Waals surface area contributed by atoms with Crippen LogP contribution in [0.4, 0.5) is 0 Å². The molecular formula is C15H24N2O. The minimum absolute atomic E-state index is 0.0963. The molecule has 1 fully saturated rings. The number of hydrogen-bond acceptors (Lipinski definition) is 3. The molecule has 0 radical (unpaired) electrons. The van der Waals surface area contributed by atoms with Crippen LogP contribution in [0, 0.1) is 6.92 Å². The Bertz CT molecular complexity index is 375. The highest BCUT2D eigenvalue weighted by molar-refractivity contribution is 5.28. The van der Waals surface area contributed by atoms with Crippen LogP contribution in [0.5, 0.6) is 0 Å². The Morgan fingerprint density at radius 3 is 2.67 bits per heavy atom. The second kappa shape index (κ2) is 6.32. The lowest BCUT2D eigenvalue weighted by atomic mass is 10.0. The summed E-state index contributed by atoms with van der Waals surface area (Å²) in [5.74, 6) is 0. The number of hydrogen-bond donors (Lipinski definition) is 1. The van der Waals surface area contributed by atoms with Gasteiger partial charge in [-0.2, -0.15) is 0 Å². The SMILES string of the molecule is Cc1ccccc1C(N)CN(C)C1CCOCC1. The van der Waals surface area contributed by atoms with Gasteiger partial charge in [0.05, 0.1) is 0 Å². The van der Waals surface area contributed by atoms with E-state index in [0.29, 0.717) is 6.04 Å². The van der Waals surface area contributed by atoms with Crippen LogP contribution in [0.3, 0.4) is 0 Å². The highest BCUT2D eigenvalue weighted by Crippen LogP contribution is 2.19. The van der Waals surface area contributed by atoms with Gasteiger partial charge >= 0.3 is 0 Å². The van der Waals surface area contributed by atoms with Crippen LogP contribution in [-0.4, -0.2) is 37.7 Å². The summed E-state index contributed by atoms with van der Waals surface area (Å²) in [6.07, 6.45) is 2.24. The molecule has 2 rings (SSSR count). The largest absolute Gasteiger partial charge is 0.381 e. The molecule has 0 amide bonds. The van der Waals surface area contributed by atoms with Crippen LogP contribution >= 0.6 is 0 Å². The molecule has 2 N–H and O–H groups in total. The molecule has 1 atom stereocenters. The molecule has 18 heavy (non-hydrogen) atoms. The zero-order valence-corrected chi connectivity index (χ0v) is 11.4. The van der Waals surface area contributed by atoms with E-state index in [2.05, 4.69) is 43.1 Å². The van der Waals surface area contributed by atoms with Gasteiger partial charge in [0.25, 0.3) is 0 Å². The monoisotopic (exact) mass is 248 g/mol. The fraction of sp³-hybridized carbons (Fsp3) is 0.600. The predicted octanol–water partition coefficient (Wildman–Crippen LogP) is 2.11. The maximum Gasteiger partial charge on any atom is 0.0480 e. The molecule has 100 valence electrons. The molecule has 1 unspecified atom stereocenters. The van der Waals surface area contributed by atoms with E-state index in [0.717, 1.165) is 32.6 Å². The van der Waals surface area contributed by atoms with Crippen molar-refractivity contribution in [2.75, 3.05) is 26.8 Å². The molecule has 1 aromatic rings. The molecule has 1 saturated heterocycles. The van der Waals surface area contributed by atoms with Gasteiger partial charge in [0.2, 0.25) is 0 Å². The van der Waals surface area contributed by atoms with Crippen LogP contribution in [0.2, 0.25) is 0 Å². The summed E-state index contributed by atoms with van der Waals surface area (Å²) in [5.41, 5.74) is 8.87. The van der Waals surface area contributed by atoms with E-state index in [4.69, 9.17) is 10.5 Å². The molecule has 0 aliphatic carbocycles. The third-order valence-electron chi connectivity index (χ3n) is 3.89. The van der Waals surface area contributed by atoms with Crippen molar-refractivity contribution in [2.24, 2.45) is 5.73 Å². The number of benzene rings is 1. The highest BCUT2D eigenvalue weighted by Gasteiger charge is 2.20. The number of ether oxygens (including phenoxy) is 1. The zero-order valence-electron chi connectivity index (χ0n) is 11.4. The quantitative estimate of drug-likeness (QED) is 0.887. The van der Waals surface area contributed by atoms with Crippen molar-refractivity contribution >= 4 is 0 Å². The van der Waals surface area contributed by atoms with Gasteiger partial charge in [-0.05, 0) is 37.9 Å². The minimum atomic E-state index is 0.0963. The summed E-state index contributed by atoms with van der Waals surface area (Å²) in [7, 11) is 2.17. The van der Waals surface area contributed by atoms with Gasteiger partial charge in [-0.15, -0.1) is 0 Å². The Balaban J connectivity index is 1.94. The summed E-state index contributed by atoms with van der Waals surface area (Å²) < 4.78 is 5.40. The Morgan fingerprint density at radius 1 is 1.33 bits per heavy atom. The maximum absolute atomic E-state index is 6.33. The fourth-order valence-corrected chi connectivity index (χ4v) is 2.69. The standard InChI is InChI=1S/C15H24N2O/c1-12-5-3-4-6-14(12)15(16)11-17(2)13-7-9-18-10-8-13/h3-6,13,15H,7-11,16H2,1-2H3. The minimum Gasteiger partial charge on any atom is -0.381 e. The van der Waals surface area contributed by atoms with Crippen molar-refractivity contribution in [1.29, 1.82) is 0 Å². The second-order valence-electron chi connectivity index (χ2n) is 5.25. The Morgan fingerprint density at radius 2 is 2.00 bits per heavy atom. The first-order valence-electron chi connectivity index (χ1n) is 6.77. The topological polar surface area (TPSA) is 38.5 Å². The van der Waals surface area contributed by atoms with Crippen molar-refractivity contribution in [3.63, 3.8) is 0 Å². The molecular weight excluding hydrogens is 224 g/mol. The Kier molecular flexibility index (Phi) is 4.75. The van der Waals surface area contributed by atoms with Gasteiger partial charge in [0.1, 0.15) is 0 Å². The van der Waals surface area contributed by atoms with E-state index in [1.807, 2.05) is 0 Å². The molecule has 1 heterocycles. The van der Waals surface area contributed by atoms with Gasteiger partial charge in [0.15, 0.2) is 0 Å². The number of nitrogens with two attached hydrogens (primary N) is 1. The van der Waals surface area contributed by atoms with Gasteiger partial charge < -0.3 is 15.4 Å². The molecule has 1 aliphatic heterocycles. The van der Waals surface area contributed by atoms with Crippen molar-refractivity contribution in [2.45, 2.75) is 31.8 Å². The number of likely N-dealkylation sites (N-methyl/N-ethyl adjacent to an activating group) is 1. The third kappa shape index (κ3) is 3.31. The molecule has 0 aromatic heterocycles. The van der Waals surface area contributed by atoms with Gasteiger partial charge in [-0.3, -0.25) is 0 Å². The van der Waals surface area contributed by atoms with Crippen molar-refractivity contribution < 1.29 is 4.74 Å². The highest BCUT2D eigenvalue weighted by atomic mass is 16.5. The summed E-state index contributed by atoms with van der Waals surface area (Å²) in [5, 5.41) is 0. The molecule has 1 aromatic carbocycles. The summed E-state index contributed by atoms with van der Waals surface area (Å²) in [6.45, 7) is 4.81. The first kappa shape index (κ1) is 13.5. The van der Waals surface area contributed by atoms with Crippen molar-refractivity contribution in [3.8, 4) is 0 Å². The average molecular weight is 248 g/mol. The smallest absolute Gasteiger partial charge is 0.0480 e. The van der Waals surface area contributed by atoms with E-state index >= 15 is 0 Å². The third-order valence-corrected chi connectivity index (χ3v) is 3.89. The average Bonchev–Trinajstić information content (AvgIpc) is 2.40. The molecule has 0 saturated carbocycles. The van der Waals surface area contributed by atoms with Gasteiger partial charge in [0, 0.05) is 31.8 Å². The summed E-state index contributed by atoms with van der Waals surface area (Å²) in [4.78, 5) is 2.39. The summed E-state index contributed by atoms with van der Waals surface area (Å²) in [6, 6.07) is 9.11. The van der Waals surface area contributed by atoms with Crippen LogP contribution in [-0.2, 0) is 4.74 Å². The number of nitrogens with zero attached hydrogens (tertiary/aromatic N) is 1. The lowest BCUT2D eigenvalue weighted by Crippen LogP contribution is -2.40. The molecule has 3 nitrogen and oxygen atoms in total. The van der Waals surface area contributed by atoms with E-state index in [9.17, 15) is 0 Å². The molecule has 0 spiro atoms. The lowest BCUT2D eigenvalue weighted by molar-refractivity contribution is 0.0413. The van der Waals surface area contributed by atoms with Crippen LogP contribution in [0.15, 0.2) is 24.3 Å². The normalized spacial score (nSPS) is 19.1. The van der Waals surface area contributed by atoms with Crippen molar-refractivity contribution in [1.82, 2.24) is 4.90 Å². The van der Waals surface area contributed by atoms with Crippen LogP contribution < -0.4 is 5.73 Å².